The molecule has 0 aromatic rings. The standard InChI is InChI=1S/C18H28N4O11S/c19-8(7-34)15(29)20-9(1-4-12(23)24)16(30)21-10(2-5-13(25)26)17(31)22-11(18(32)33)3-6-14(27)28/h8-11,34H,1-7,19H2,(H,20,29)(H,21,30)(H,22,31)(H,23,24)(H,25,26)(H,27,28)(H,32,33)/t8-,9-,10-,11-/m0/s1. The number of aliphatic carboxylic acids is 4. The minimum atomic E-state index is -1.64. The maximum Gasteiger partial charge on any atom is 0.326 e. The molecule has 0 aliphatic heterocycles. The minimum absolute atomic E-state index is 0.0876. The van der Waals surface area contributed by atoms with Crippen LogP contribution in [0.2, 0.25) is 0 Å². The van der Waals surface area contributed by atoms with Crippen LogP contribution in [0, 0.1) is 0 Å². The predicted octanol–water partition coefficient (Wildman–Crippen LogP) is -2.62. The third kappa shape index (κ3) is 12.6. The number of hydrogen-bond donors (Lipinski definition) is 9. The van der Waals surface area contributed by atoms with Crippen molar-refractivity contribution in [1.29, 1.82) is 0 Å². The van der Waals surface area contributed by atoms with E-state index in [9.17, 15) is 38.7 Å². The van der Waals surface area contributed by atoms with Crippen LogP contribution in [-0.2, 0) is 33.6 Å². The fourth-order valence-electron chi connectivity index (χ4n) is 2.50. The summed E-state index contributed by atoms with van der Waals surface area (Å²) in [5.41, 5.74) is 5.52. The van der Waals surface area contributed by atoms with Crippen molar-refractivity contribution in [2.75, 3.05) is 5.75 Å². The van der Waals surface area contributed by atoms with E-state index >= 15 is 0 Å². The molecule has 0 spiro atoms. The lowest BCUT2D eigenvalue weighted by atomic mass is 10.1. The van der Waals surface area contributed by atoms with Gasteiger partial charge in [0.15, 0.2) is 0 Å². The number of nitrogens with two attached hydrogens (primary N) is 1. The van der Waals surface area contributed by atoms with Crippen LogP contribution in [0.25, 0.3) is 0 Å². The van der Waals surface area contributed by atoms with E-state index in [2.05, 4.69) is 23.3 Å². The normalized spacial score (nSPS) is 14.1. The summed E-state index contributed by atoms with van der Waals surface area (Å²) in [5, 5.41) is 42.1. The third-order valence-corrected chi connectivity index (χ3v) is 4.75. The number of hydrogen-bond acceptors (Lipinski definition) is 9. The molecule has 0 aliphatic rings. The first-order valence-electron chi connectivity index (χ1n) is 9.94. The van der Waals surface area contributed by atoms with E-state index in [1.54, 1.807) is 0 Å². The first kappa shape index (κ1) is 30.6. The van der Waals surface area contributed by atoms with E-state index in [1.165, 1.54) is 0 Å². The van der Waals surface area contributed by atoms with Gasteiger partial charge in [-0.3, -0.25) is 28.8 Å². The average molecular weight is 509 g/mol. The van der Waals surface area contributed by atoms with Gasteiger partial charge in [0, 0.05) is 25.0 Å². The highest BCUT2D eigenvalue weighted by molar-refractivity contribution is 7.80. The monoisotopic (exact) mass is 508 g/mol. The maximum atomic E-state index is 12.7. The molecule has 0 aromatic heterocycles. The zero-order valence-corrected chi connectivity index (χ0v) is 18.8. The second kappa shape index (κ2) is 15.4. The smallest absolute Gasteiger partial charge is 0.326 e. The maximum absolute atomic E-state index is 12.7. The highest BCUT2D eigenvalue weighted by Gasteiger charge is 2.31. The van der Waals surface area contributed by atoms with Crippen LogP contribution in [0.3, 0.4) is 0 Å². The highest BCUT2D eigenvalue weighted by Crippen LogP contribution is 2.06. The summed E-state index contributed by atoms with van der Waals surface area (Å²) in [6.07, 6.45) is -3.09. The molecular weight excluding hydrogens is 480 g/mol. The molecule has 0 heterocycles. The van der Waals surface area contributed by atoms with Crippen LogP contribution in [-0.4, -0.2) is 91.9 Å². The quantitative estimate of drug-likeness (QED) is 0.0914. The van der Waals surface area contributed by atoms with Gasteiger partial charge in [0.05, 0.1) is 6.04 Å². The van der Waals surface area contributed by atoms with Gasteiger partial charge in [-0.2, -0.15) is 12.6 Å². The topological polar surface area (TPSA) is 263 Å². The zero-order chi connectivity index (χ0) is 26.4. The number of carbonyl (C=O) groups is 7. The number of rotatable bonds is 17. The molecule has 16 heteroatoms. The fraction of sp³-hybridized carbons (Fsp3) is 0.611. The lowest BCUT2D eigenvalue weighted by molar-refractivity contribution is -0.144. The average Bonchev–Trinajstić information content (AvgIpc) is 2.74. The number of amides is 3. The van der Waals surface area contributed by atoms with Crippen molar-refractivity contribution in [1.82, 2.24) is 16.0 Å². The number of carboxylic acids is 4. The lowest BCUT2D eigenvalue weighted by Gasteiger charge is -2.24. The van der Waals surface area contributed by atoms with Crippen molar-refractivity contribution in [3.05, 3.63) is 0 Å². The summed E-state index contributed by atoms with van der Waals surface area (Å²) in [7, 11) is 0. The molecule has 0 aromatic carbocycles. The molecule has 0 radical (unpaired) electrons. The molecule has 15 nitrogen and oxygen atoms in total. The van der Waals surface area contributed by atoms with E-state index in [1.807, 2.05) is 5.32 Å². The van der Waals surface area contributed by atoms with Gasteiger partial charge in [-0.25, -0.2) is 4.79 Å². The Morgan fingerprint density at radius 3 is 1.26 bits per heavy atom. The highest BCUT2D eigenvalue weighted by atomic mass is 32.1. The van der Waals surface area contributed by atoms with Crippen LogP contribution in [0.1, 0.15) is 38.5 Å². The minimum Gasteiger partial charge on any atom is -0.481 e. The molecule has 0 bridgehead atoms. The fourth-order valence-corrected chi connectivity index (χ4v) is 2.67. The Morgan fingerprint density at radius 2 is 0.941 bits per heavy atom. The van der Waals surface area contributed by atoms with Crippen LogP contribution < -0.4 is 21.7 Å². The first-order chi connectivity index (χ1) is 15.8. The molecule has 34 heavy (non-hydrogen) atoms. The molecule has 0 rings (SSSR count). The van der Waals surface area contributed by atoms with Crippen LogP contribution in [0.4, 0.5) is 0 Å². The van der Waals surface area contributed by atoms with Crippen molar-refractivity contribution in [3.8, 4) is 0 Å². The van der Waals surface area contributed by atoms with Crippen LogP contribution in [0.5, 0.6) is 0 Å². The second-order valence-electron chi connectivity index (χ2n) is 7.11. The SMILES string of the molecule is N[C@@H](CS)C(=O)N[C@@H](CCC(=O)O)C(=O)N[C@@H](CCC(=O)O)C(=O)N[C@@H](CCC(=O)O)C(=O)O. The largest absolute Gasteiger partial charge is 0.481 e. The molecule has 0 saturated heterocycles. The van der Waals surface area contributed by atoms with E-state index < -0.39 is 104 Å². The van der Waals surface area contributed by atoms with Crippen molar-refractivity contribution < 1.29 is 54.0 Å². The van der Waals surface area contributed by atoms with Crippen molar-refractivity contribution in [2.24, 2.45) is 5.73 Å². The number of carbonyl (C=O) groups excluding carboxylic acids is 3. The van der Waals surface area contributed by atoms with Crippen molar-refractivity contribution in [2.45, 2.75) is 62.7 Å². The summed E-state index contributed by atoms with van der Waals surface area (Å²) >= 11 is 3.85. The Labute approximate surface area is 198 Å². The van der Waals surface area contributed by atoms with Gasteiger partial charge in [-0.1, -0.05) is 0 Å². The van der Waals surface area contributed by atoms with E-state index in [0.29, 0.717) is 0 Å². The van der Waals surface area contributed by atoms with Gasteiger partial charge in [-0.15, -0.1) is 0 Å². The predicted molar refractivity (Wildman–Crippen MR) is 116 cm³/mol. The molecular formula is C18H28N4O11S. The molecule has 0 fully saturated rings. The third-order valence-electron chi connectivity index (χ3n) is 4.35. The molecule has 0 aliphatic carbocycles. The summed E-state index contributed by atoms with van der Waals surface area (Å²) in [6.45, 7) is 0. The first-order valence-corrected chi connectivity index (χ1v) is 10.6. The Bertz CT molecular complexity index is 792. The summed E-state index contributed by atoms with van der Waals surface area (Å²) in [4.78, 5) is 81.2. The Kier molecular flexibility index (Phi) is 13.9. The van der Waals surface area contributed by atoms with Gasteiger partial charge in [-0.05, 0) is 19.3 Å². The van der Waals surface area contributed by atoms with Gasteiger partial charge < -0.3 is 42.1 Å². The van der Waals surface area contributed by atoms with E-state index in [0.717, 1.165) is 0 Å². The molecule has 0 unspecified atom stereocenters. The molecule has 4 atom stereocenters. The van der Waals surface area contributed by atoms with E-state index in [4.69, 9.17) is 21.1 Å². The summed E-state index contributed by atoms with van der Waals surface area (Å²) in [6, 6.07) is -5.81. The van der Waals surface area contributed by atoms with Crippen LogP contribution in [0.15, 0.2) is 0 Å². The number of carboxylic acid groups (broad SMARTS) is 4. The van der Waals surface area contributed by atoms with Gasteiger partial charge in [0.1, 0.15) is 18.1 Å². The Morgan fingerprint density at radius 1 is 0.618 bits per heavy atom. The summed E-state index contributed by atoms with van der Waals surface area (Å²) in [5.74, 6) is -8.54. The Hall–Kier alpha value is -3.40. The van der Waals surface area contributed by atoms with E-state index in [-0.39, 0.29) is 5.75 Å². The molecule has 0 saturated carbocycles. The van der Waals surface area contributed by atoms with Gasteiger partial charge in [0.2, 0.25) is 17.7 Å². The second-order valence-corrected chi connectivity index (χ2v) is 7.47. The zero-order valence-electron chi connectivity index (χ0n) is 17.9. The Balaban J connectivity index is 5.59. The van der Waals surface area contributed by atoms with Crippen molar-refractivity contribution in [3.63, 3.8) is 0 Å². The van der Waals surface area contributed by atoms with Gasteiger partial charge in [0.25, 0.3) is 0 Å². The summed E-state index contributed by atoms with van der Waals surface area (Å²) < 4.78 is 0. The molecule has 3 amide bonds. The lowest BCUT2D eigenvalue weighted by Crippen LogP contribution is -2.57. The van der Waals surface area contributed by atoms with Crippen molar-refractivity contribution >= 4 is 54.2 Å². The van der Waals surface area contributed by atoms with Crippen LogP contribution >= 0.6 is 12.6 Å². The number of nitrogens with one attached hydrogen (secondary N) is 3. The number of thiol groups is 1. The molecule has 9 N–H and O–H groups in total. The molecule has 192 valence electrons. The van der Waals surface area contributed by atoms with Gasteiger partial charge >= 0.3 is 23.9 Å².